The van der Waals surface area contributed by atoms with E-state index in [1.807, 2.05) is 12.1 Å². The molecule has 4 aromatic rings. The molecular weight excluding hydrogens is 595 g/mol. The molecule has 1 unspecified atom stereocenters. The van der Waals surface area contributed by atoms with Crippen molar-refractivity contribution in [3.63, 3.8) is 0 Å². The van der Waals surface area contributed by atoms with Crippen molar-refractivity contribution in [2.45, 2.75) is 63.0 Å². The molecule has 1 atom stereocenters. The highest BCUT2D eigenvalue weighted by atomic mass is 35.5. The number of hydrogen-bond donors (Lipinski definition) is 2. The summed E-state index contributed by atoms with van der Waals surface area (Å²) in [6.07, 6.45) is -1.39. The fourth-order valence-corrected chi connectivity index (χ4v) is 5.88. The summed E-state index contributed by atoms with van der Waals surface area (Å²) in [4.78, 5) is 11.0. The van der Waals surface area contributed by atoms with Crippen molar-refractivity contribution in [3.05, 3.63) is 94.1 Å². The number of carbonyl (C=O) groups is 1. The molecular formula is C33H31ClF3N3O4. The number of aromatic nitrogens is 1. The molecule has 1 aliphatic rings. The quantitative estimate of drug-likeness (QED) is 0.190. The van der Waals surface area contributed by atoms with E-state index in [0.29, 0.717) is 70.8 Å². The van der Waals surface area contributed by atoms with Crippen molar-refractivity contribution in [2.75, 3.05) is 7.11 Å². The van der Waals surface area contributed by atoms with Crippen LogP contribution < -0.4 is 14.8 Å². The fraction of sp³-hybridized carbons (Fsp3) is 0.333. The van der Waals surface area contributed by atoms with Gasteiger partial charge >= 0.3 is 12.1 Å². The van der Waals surface area contributed by atoms with Crippen LogP contribution in [0.1, 0.15) is 54.0 Å². The Morgan fingerprint density at radius 1 is 1.07 bits per heavy atom. The van der Waals surface area contributed by atoms with Crippen molar-refractivity contribution in [1.82, 2.24) is 9.88 Å². The summed E-state index contributed by atoms with van der Waals surface area (Å²) in [6.45, 7) is 0.316. The Labute approximate surface area is 257 Å². The lowest BCUT2D eigenvalue weighted by Crippen LogP contribution is -2.43. The second kappa shape index (κ2) is 13.2. The van der Waals surface area contributed by atoms with Gasteiger partial charge in [0.2, 0.25) is 0 Å². The van der Waals surface area contributed by atoms with Crippen LogP contribution in [0.4, 0.5) is 13.2 Å². The van der Waals surface area contributed by atoms with E-state index in [-0.39, 0.29) is 18.1 Å². The van der Waals surface area contributed by atoms with Crippen molar-refractivity contribution in [1.29, 1.82) is 5.26 Å². The van der Waals surface area contributed by atoms with Crippen LogP contribution in [-0.2, 0) is 17.8 Å². The molecule has 0 aliphatic heterocycles. The number of halogens is 4. The first-order valence-corrected chi connectivity index (χ1v) is 14.6. The van der Waals surface area contributed by atoms with E-state index in [1.165, 1.54) is 19.4 Å². The SMILES string of the molecule is COc1cc(CC(=O)O)ccc1OC1CCC(NC(c2cn(Cc3ccc(Cl)cc3)c3cc(C#N)ccc23)C(F)(F)F)CC1. The van der Waals surface area contributed by atoms with Gasteiger partial charge < -0.3 is 19.1 Å². The van der Waals surface area contributed by atoms with E-state index < -0.39 is 24.2 Å². The molecule has 1 saturated carbocycles. The average Bonchev–Trinajstić information content (AvgIpc) is 3.34. The highest BCUT2D eigenvalue weighted by molar-refractivity contribution is 6.30. The van der Waals surface area contributed by atoms with Crippen molar-refractivity contribution >= 4 is 28.5 Å². The Morgan fingerprint density at radius 2 is 1.77 bits per heavy atom. The Bertz CT molecular complexity index is 1670. The average molecular weight is 626 g/mol. The van der Waals surface area contributed by atoms with E-state index in [2.05, 4.69) is 11.4 Å². The Hall–Kier alpha value is -4.20. The number of methoxy groups -OCH3 is 1. The molecule has 0 saturated heterocycles. The number of ether oxygens (including phenoxy) is 2. The van der Waals surface area contributed by atoms with Crippen LogP contribution in [0, 0.1) is 11.3 Å². The number of benzene rings is 3. The zero-order valence-corrected chi connectivity index (χ0v) is 24.7. The van der Waals surface area contributed by atoms with Crippen LogP contribution in [0.3, 0.4) is 0 Å². The largest absolute Gasteiger partial charge is 0.493 e. The molecule has 0 spiro atoms. The van der Waals surface area contributed by atoms with Crippen molar-refractivity contribution < 1.29 is 32.5 Å². The molecule has 7 nitrogen and oxygen atoms in total. The summed E-state index contributed by atoms with van der Waals surface area (Å²) >= 11 is 6.01. The lowest BCUT2D eigenvalue weighted by atomic mass is 9.91. The van der Waals surface area contributed by atoms with Crippen LogP contribution >= 0.6 is 11.6 Å². The number of nitrogens with one attached hydrogen (secondary N) is 1. The predicted octanol–water partition coefficient (Wildman–Crippen LogP) is 7.43. The number of nitrogens with zero attached hydrogens (tertiary/aromatic N) is 2. The standard InChI is InChI=1S/C33H31ClF3N3O4/c1-43-30-15-21(16-31(41)42)5-13-29(30)44-25-10-8-24(9-11-25)39-32(33(35,36)37)27-19-40(18-20-2-6-23(34)7-3-20)28-14-22(17-38)4-12-26(27)28/h2-7,12-15,19,24-25,32,39H,8-11,16,18H2,1H3,(H,41,42). The molecule has 44 heavy (non-hydrogen) atoms. The van der Waals surface area contributed by atoms with Crippen molar-refractivity contribution in [2.24, 2.45) is 0 Å². The van der Waals surface area contributed by atoms with E-state index in [1.54, 1.807) is 47.0 Å². The number of carboxylic acids is 1. The zero-order chi connectivity index (χ0) is 31.4. The number of aliphatic carboxylic acids is 1. The molecule has 0 amide bonds. The molecule has 1 aromatic heterocycles. The molecule has 0 bridgehead atoms. The third kappa shape index (κ3) is 7.29. The van der Waals surface area contributed by atoms with E-state index in [0.717, 1.165) is 5.56 Å². The smallest absolute Gasteiger partial charge is 0.407 e. The maximum Gasteiger partial charge on any atom is 0.407 e. The maximum atomic E-state index is 14.7. The van der Waals surface area contributed by atoms with Crippen LogP contribution in [-0.4, -0.2) is 41.1 Å². The predicted molar refractivity (Wildman–Crippen MR) is 160 cm³/mol. The minimum atomic E-state index is -4.56. The van der Waals surface area contributed by atoms with Crippen LogP contribution in [0.25, 0.3) is 10.9 Å². The van der Waals surface area contributed by atoms with Crippen LogP contribution in [0.15, 0.2) is 66.9 Å². The lowest BCUT2D eigenvalue weighted by Gasteiger charge is -2.33. The van der Waals surface area contributed by atoms with Gasteiger partial charge in [-0.25, -0.2) is 0 Å². The van der Waals surface area contributed by atoms with E-state index in [9.17, 15) is 23.2 Å². The van der Waals surface area contributed by atoms with Gasteiger partial charge in [0.15, 0.2) is 11.5 Å². The van der Waals surface area contributed by atoms with Crippen molar-refractivity contribution in [3.8, 4) is 17.6 Å². The molecule has 5 rings (SSSR count). The molecule has 3 aromatic carbocycles. The Balaban J connectivity index is 1.33. The number of carboxylic acid groups (broad SMARTS) is 1. The molecule has 2 N–H and O–H groups in total. The van der Waals surface area contributed by atoms with Gasteiger partial charge in [-0.1, -0.05) is 35.9 Å². The highest BCUT2D eigenvalue weighted by Gasteiger charge is 2.44. The lowest BCUT2D eigenvalue weighted by molar-refractivity contribution is -0.160. The summed E-state index contributed by atoms with van der Waals surface area (Å²) in [5.41, 5.74) is 2.46. The van der Waals surface area contributed by atoms with Gasteiger partial charge in [-0.05, 0) is 73.2 Å². The highest BCUT2D eigenvalue weighted by Crippen LogP contribution is 2.40. The van der Waals surface area contributed by atoms with Gasteiger partial charge in [0.1, 0.15) is 6.04 Å². The summed E-state index contributed by atoms with van der Waals surface area (Å²) < 4.78 is 57.2. The summed E-state index contributed by atoms with van der Waals surface area (Å²) in [6, 6.07) is 16.6. The fourth-order valence-electron chi connectivity index (χ4n) is 5.75. The zero-order valence-electron chi connectivity index (χ0n) is 23.9. The number of hydrogen-bond acceptors (Lipinski definition) is 5. The minimum absolute atomic E-state index is 0.107. The third-order valence-corrected chi connectivity index (χ3v) is 8.15. The summed E-state index contributed by atoms with van der Waals surface area (Å²) in [5, 5.41) is 22.4. The number of alkyl halides is 3. The van der Waals surface area contributed by atoms with Gasteiger partial charge in [-0.3, -0.25) is 10.1 Å². The molecule has 230 valence electrons. The van der Waals surface area contributed by atoms with Gasteiger partial charge in [0.05, 0.1) is 31.3 Å². The van der Waals surface area contributed by atoms with Gasteiger partial charge in [0.25, 0.3) is 0 Å². The molecule has 0 radical (unpaired) electrons. The Morgan fingerprint density at radius 3 is 2.41 bits per heavy atom. The van der Waals surface area contributed by atoms with Gasteiger partial charge in [0, 0.05) is 40.3 Å². The minimum Gasteiger partial charge on any atom is -0.493 e. The van der Waals surface area contributed by atoms with Gasteiger partial charge in [-0.15, -0.1) is 0 Å². The number of rotatable bonds is 10. The Kier molecular flexibility index (Phi) is 9.37. The molecule has 1 heterocycles. The van der Waals surface area contributed by atoms with Crippen LogP contribution in [0.2, 0.25) is 5.02 Å². The van der Waals surface area contributed by atoms with E-state index >= 15 is 0 Å². The number of nitriles is 1. The van der Waals surface area contributed by atoms with Crippen LogP contribution in [0.5, 0.6) is 11.5 Å². The molecule has 1 aliphatic carbocycles. The topological polar surface area (TPSA) is 96.5 Å². The summed E-state index contributed by atoms with van der Waals surface area (Å²) in [5.74, 6) is -0.0751. The maximum absolute atomic E-state index is 14.7. The third-order valence-electron chi connectivity index (χ3n) is 7.90. The monoisotopic (exact) mass is 625 g/mol. The van der Waals surface area contributed by atoms with Gasteiger partial charge in [-0.2, -0.15) is 18.4 Å². The first-order valence-electron chi connectivity index (χ1n) is 14.2. The first-order chi connectivity index (χ1) is 21.0. The normalized spacial score (nSPS) is 17.6. The number of fused-ring (bicyclic) bond motifs is 1. The second-order valence-electron chi connectivity index (χ2n) is 11.0. The second-order valence-corrected chi connectivity index (χ2v) is 11.4. The summed E-state index contributed by atoms with van der Waals surface area (Å²) in [7, 11) is 1.47. The first kappa shape index (κ1) is 31.2. The molecule has 1 fully saturated rings. The molecule has 11 heteroatoms. The van der Waals surface area contributed by atoms with E-state index in [4.69, 9.17) is 26.2 Å².